The molecule has 6 rings (SSSR count). The van der Waals surface area contributed by atoms with Crippen molar-refractivity contribution in [2.75, 3.05) is 63.3 Å². The molecule has 5 heterocycles. The zero-order valence-electron chi connectivity index (χ0n) is 33.9. The molecule has 1 saturated heterocycles. The second-order valence-electron chi connectivity index (χ2n) is 7.56. The standard InChI is InChI=1S/C25H29N9O3/c1-35-15-16-36-19-6-4-18(5-7-19)32-11-8-31(9-12-32)10-13-33-23-20(17-27-33)24-28-22(21-3-2-14-37-21)30-34(24)25(26)29-23/h2-7,14,17H,8-13,15-16H2,1H3,(H2,26,29)/i1D3,8D2,9D2,11D2,12D2,15D2,16D2. The van der Waals surface area contributed by atoms with Crippen molar-refractivity contribution in [3.05, 3.63) is 48.9 Å². The van der Waals surface area contributed by atoms with E-state index in [0.717, 1.165) is 24.3 Å². The van der Waals surface area contributed by atoms with Crippen molar-refractivity contribution >= 4 is 28.3 Å². The van der Waals surface area contributed by atoms with Crippen LogP contribution < -0.4 is 15.4 Å². The predicted octanol–water partition coefficient (Wildman–Crippen LogP) is 2.16. The van der Waals surface area contributed by atoms with Gasteiger partial charge in [-0.05, 0) is 36.4 Å². The maximum absolute atomic E-state index is 8.80. The number of hydrogen-bond donors (Lipinski definition) is 1. The highest BCUT2D eigenvalue weighted by atomic mass is 16.5. The van der Waals surface area contributed by atoms with Crippen LogP contribution in [-0.4, -0.2) is 87.0 Å². The Hall–Kier alpha value is -4.16. The first kappa shape index (κ1) is 11.9. The van der Waals surface area contributed by atoms with E-state index in [1.54, 1.807) is 12.1 Å². The number of furan rings is 1. The lowest BCUT2D eigenvalue weighted by Crippen LogP contribution is -2.47. The maximum atomic E-state index is 8.80. The van der Waals surface area contributed by atoms with Crippen LogP contribution in [0.3, 0.4) is 0 Å². The van der Waals surface area contributed by atoms with E-state index in [1.807, 2.05) is 0 Å². The normalized spacial score (nSPS) is 27.2. The third-order valence-electron chi connectivity index (χ3n) is 5.32. The summed E-state index contributed by atoms with van der Waals surface area (Å²) in [7, 11) is -3.31. The molecule has 0 radical (unpaired) electrons. The molecule has 192 valence electrons. The summed E-state index contributed by atoms with van der Waals surface area (Å²) in [5, 5.41) is 8.95. The van der Waals surface area contributed by atoms with E-state index >= 15 is 0 Å². The van der Waals surface area contributed by atoms with Crippen LogP contribution in [-0.2, 0) is 11.3 Å². The fourth-order valence-electron chi connectivity index (χ4n) is 3.61. The number of aromatic nitrogens is 6. The van der Waals surface area contributed by atoms with Crippen molar-refractivity contribution in [1.29, 1.82) is 0 Å². The quantitative estimate of drug-likeness (QED) is 0.310. The van der Waals surface area contributed by atoms with E-state index in [-0.39, 0.29) is 40.2 Å². The molecule has 2 N–H and O–H groups in total. The molecule has 0 unspecified atom stereocenters. The summed E-state index contributed by atoms with van der Waals surface area (Å²) in [5.41, 5.74) is 6.18. The Balaban J connectivity index is 1.27. The number of benzene rings is 1. The van der Waals surface area contributed by atoms with Crippen LogP contribution in [0.5, 0.6) is 5.75 Å². The highest BCUT2D eigenvalue weighted by Crippen LogP contribution is 2.24. The highest BCUT2D eigenvalue weighted by Gasteiger charge is 2.20. The van der Waals surface area contributed by atoms with Gasteiger partial charge in [0.05, 0.1) is 46.0 Å². The van der Waals surface area contributed by atoms with Crippen LogP contribution in [0.1, 0.15) is 20.6 Å². The van der Waals surface area contributed by atoms with Crippen LogP contribution in [0.4, 0.5) is 11.6 Å². The van der Waals surface area contributed by atoms with Crippen molar-refractivity contribution < 1.29 is 34.5 Å². The first-order chi connectivity index (χ1) is 23.8. The summed E-state index contributed by atoms with van der Waals surface area (Å²) in [6.45, 7) is -20.7. The Bertz CT molecular complexity index is 2070. The molecule has 5 aromatic rings. The Kier molecular flexibility index (Phi) is 3.25. The molecule has 1 aliphatic rings. The Morgan fingerprint density at radius 2 is 1.95 bits per heavy atom. The van der Waals surface area contributed by atoms with Gasteiger partial charge in [0, 0.05) is 50.7 Å². The van der Waals surface area contributed by atoms with Crippen molar-refractivity contribution in [3.8, 4) is 17.3 Å². The van der Waals surface area contributed by atoms with Gasteiger partial charge in [0.1, 0.15) is 12.3 Å². The monoisotopic (exact) mass is 518 g/mol. The summed E-state index contributed by atoms with van der Waals surface area (Å²) in [6, 6.07) is 7.20. The molecule has 4 aromatic heterocycles. The van der Waals surface area contributed by atoms with Crippen LogP contribution >= 0.6 is 0 Å². The molecule has 37 heavy (non-hydrogen) atoms. The van der Waals surface area contributed by atoms with Gasteiger partial charge in [-0.25, -0.2) is 9.67 Å². The molecular weight excluding hydrogens is 474 g/mol. The topological polar surface area (TPSA) is 125 Å². The third kappa shape index (κ3) is 4.68. The third-order valence-corrected chi connectivity index (χ3v) is 5.32. The van der Waals surface area contributed by atoms with Gasteiger partial charge in [-0.15, -0.1) is 5.10 Å². The molecule has 0 atom stereocenters. The minimum atomic E-state index is -3.47. The number of piperazine rings is 1. The molecule has 0 amide bonds. The fraction of sp³-hybridized carbons (Fsp3) is 0.360. The minimum Gasteiger partial charge on any atom is -0.491 e. The highest BCUT2D eigenvalue weighted by molar-refractivity contribution is 5.90. The van der Waals surface area contributed by atoms with Crippen LogP contribution in [0, 0.1) is 0 Å². The van der Waals surface area contributed by atoms with Crippen LogP contribution in [0.15, 0.2) is 53.3 Å². The van der Waals surface area contributed by atoms with E-state index in [0.29, 0.717) is 16.0 Å². The van der Waals surface area contributed by atoms with Crippen molar-refractivity contribution in [1.82, 2.24) is 34.3 Å². The summed E-state index contributed by atoms with van der Waals surface area (Å²) in [4.78, 5) is 9.46. The summed E-state index contributed by atoms with van der Waals surface area (Å²) in [6.07, 6.45) is 2.84. The van der Waals surface area contributed by atoms with E-state index in [2.05, 4.69) is 24.9 Å². The number of nitrogens with two attached hydrogens (primary N) is 1. The molecule has 0 aliphatic carbocycles. The number of nitrogens with zero attached hydrogens (tertiary/aromatic N) is 8. The summed E-state index contributed by atoms with van der Waals surface area (Å²) in [5.74, 6) is 0.0786. The second-order valence-corrected chi connectivity index (χ2v) is 7.56. The number of ether oxygens (including phenoxy) is 2. The number of fused-ring (bicyclic) bond motifs is 3. The van der Waals surface area contributed by atoms with E-state index in [9.17, 15) is 0 Å². The first-order valence-corrected chi connectivity index (χ1v) is 10.8. The lowest BCUT2D eigenvalue weighted by molar-refractivity contribution is 0.146. The summed E-state index contributed by atoms with van der Waals surface area (Å²) < 4.78 is 140. The summed E-state index contributed by atoms with van der Waals surface area (Å²) >= 11 is 0. The van der Waals surface area contributed by atoms with Crippen LogP contribution in [0.25, 0.3) is 28.3 Å². The molecule has 0 saturated carbocycles. The van der Waals surface area contributed by atoms with E-state index in [4.69, 9.17) is 35.4 Å². The predicted molar refractivity (Wildman–Crippen MR) is 139 cm³/mol. The van der Waals surface area contributed by atoms with Gasteiger partial charge in [0.15, 0.2) is 17.1 Å². The Morgan fingerprint density at radius 3 is 2.73 bits per heavy atom. The molecule has 1 aromatic carbocycles. The number of rotatable bonds is 9. The van der Waals surface area contributed by atoms with E-state index in [1.165, 1.54) is 21.7 Å². The van der Waals surface area contributed by atoms with Gasteiger partial charge in [-0.1, -0.05) is 0 Å². The average Bonchev–Trinajstić information content (AvgIpc) is 3.76. The van der Waals surface area contributed by atoms with Gasteiger partial charge in [0.2, 0.25) is 11.8 Å². The van der Waals surface area contributed by atoms with Crippen molar-refractivity contribution in [2.45, 2.75) is 6.54 Å². The first-order valence-electron chi connectivity index (χ1n) is 18.3. The van der Waals surface area contributed by atoms with Crippen molar-refractivity contribution in [2.24, 2.45) is 0 Å². The molecule has 1 aliphatic heterocycles. The average molecular weight is 519 g/mol. The fourth-order valence-corrected chi connectivity index (χ4v) is 3.61. The Labute approximate surface area is 234 Å². The lowest BCUT2D eigenvalue weighted by Gasteiger charge is -2.36. The molecule has 0 bridgehead atoms. The number of methoxy groups -OCH3 is 1. The van der Waals surface area contributed by atoms with Gasteiger partial charge in [-0.2, -0.15) is 14.6 Å². The van der Waals surface area contributed by atoms with Gasteiger partial charge >= 0.3 is 0 Å². The van der Waals surface area contributed by atoms with Gasteiger partial charge < -0.3 is 24.5 Å². The van der Waals surface area contributed by atoms with Crippen molar-refractivity contribution in [3.63, 3.8) is 0 Å². The molecule has 0 spiro atoms. The lowest BCUT2D eigenvalue weighted by atomic mass is 10.2. The van der Waals surface area contributed by atoms with Crippen LogP contribution in [0.2, 0.25) is 0 Å². The maximum Gasteiger partial charge on any atom is 0.225 e. The molecule has 12 nitrogen and oxygen atoms in total. The largest absolute Gasteiger partial charge is 0.491 e. The smallest absolute Gasteiger partial charge is 0.225 e. The van der Waals surface area contributed by atoms with Gasteiger partial charge in [-0.3, -0.25) is 4.90 Å². The molecule has 1 fully saturated rings. The minimum absolute atomic E-state index is 0.0864. The molecule has 12 heteroatoms. The number of hydrogen-bond acceptors (Lipinski definition) is 10. The number of anilines is 2. The van der Waals surface area contributed by atoms with E-state index < -0.39 is 58.4 Å². The zero-order chi connectivity index (χ0) is 38.4. The van der Waals surface area contributed by atoms with Gasteiger partial charge in [0.25, 0.3) is 0 Å². The number of nitrogen functional groups attached to an aromatic ring is 1. The SMILES string of the molecule is [2H]C([2H])([2H])OC([2H])([2H])C([2H])([2H])Oc1ccc(N2C([2H])([2H])C([2H])([2H])N(CCn3ncc4c3nc(N)n3nc(-c5ccco5)nc43)C([2H])([2H])C2([2H])[2H])cc1. The molecular formula is C25H29N9O3. The second kappa shape index (κ2) is 10.1. The zero-order valence-corrected chi connectivity index (χ0v) is 18.9. The Morgan fingerprint density at radius 1 is 1.08 bits per heavy atom.